The first-order valence-electron chi connectivity index (χ1n) is 7.82. The van der Waals surface area contributed by atoms with E-state index in [9.17, 15) is 0 Å². The average Bonchev–Trinajstić information content (AvgIpc) is 2.61. The lowest BCUT2D eigenvalue weighted by Gasteiger charge is -2.39. The van der Waals surface area contributed by atoms with E-state index in [0.717, 1.165) is 32.0 Å². The van der Waals surface area contributed by atoms with Crippen LogP contribution in [-0.4, -0.2) is 60.9 Å². The zero-order valence-corrected chi connectivity index (χ0v) is 14.6. The van der Waals surface area contributed by atoms with Crippen molar-refractivity contribution in [2.75, 3.05) is 40.0 Å². The Balaban J connectivity index is 2.31. The molecule has 0 spiro atoms. The maximum absolute atomic E-state index is 5.95. The van der Waals surface area contributed by atoms with Crippen molar-refractivity contribution >= 4 is 17.2 Å². The normalized spacial score (nSPS) is 19.6. The van der Waals surface area contributed by atoms with Gasteiger partial charge in [-0.3, -0.25) is 9.88 Å². The third-order valence-electron chi connectivity index (χ3n) is 4.06. The van der Waals surface area contributed by atoms with E-state index in [1.54, 1.807) is 13.3 Å². The minimum atomic E-state index is -0.787. The largest absolute Gasteiger partial charge is 0.379 e. The molecule has 1 N–H and O–H groups in total. The number of pyridine rings is 1. The third-order valence-corrected chi connectivity index (χ3v) is 4.50. The van der Waals surface area contributed by atoms with Crippen molar-refractivity contribution < 1.29 is 9.47 Å². The predicted octanol–water partition coefficient (Wildman–Crippen LogP) is 1.75. The third kappa shape index (κ3) is 4.35. The van der Waals surface area contributed by atoms with Crippen LogP contribution in [0, 0.1) is 0 Å². The number of methoxy groups -OCH3 is 1. The van der Waals surface area contributed by atoms with Crippen molar-refractivity contribution in [2.24, 2.45) is 0 Å². The topological polar surface area (TPSA) is 46.6 Å². The Bertz CT molecular complexity index is 520. The molecule has 0 aromatic carbocycles. The second kappa shape index (κ2) is 8.49. The van der Waals surface area contributed by atoms with Gasteiger partial charge in [0.05, 0.1) is 18.9 Å². The van der Waals surface area contributed by atoms with Crippen LogP contribution in [0.25, 0.3) is 0 Å². The van der Waals surface area contributed by atoms with Crippen LogP contribution in [0.3, 0.4) is 0 Å². The maximum Gasteiger partial charge on any atom is 0.172 e. The van der Waals surface area contributed by atoms with E-state index in [1.165, 1.54) is 0 Å². The molecule has 2 atom stereocenters. The molecule has 23 heavy (non-hydrogen) atoms. The highest BCUT2D eigenvalue weighted by Gasteiger charge is 2.41. The molecule has 1 aromatic heterocycles. The Morgan fingerprint density at radius 3 is 2.87 bits per heavy atom. The highest BCUT2D eigenvalue weighted by molar-refractivity contribution is 7.80. The van der Waals surface area contributed by atoms with E-state index in [1.807, 2.05) is 31.2 Å². The summed E-state index contributed by atoms with van der Waals surface area (Å²) in [4.78, 5) is 7.43. The summed E-state index contributed by atoms with van der Waals surface area (Å²) in [7, 11) is 1.68. The highest BCUT2D eigenvalue weighted by Crippen LogP contribution is 2.27. The van der Waals surface area contributed by atoms with Crippen LogP contribution >= 0.6 is 12.2 Å². The molecule has 0 radical (unpaired) electrons. The molecular weight excluding hydrogens is 310 g/mol. The van der Waals surface area contributed by atoms with Gasteiger partial charge in [0.25, 0.3) is 0 Å². The van der Waals surface area contributed by atoms with E-state index in [2.05, 4.69) is 21.8 Å². The van der Waals surface area contributed by atoms with Crippen molar-refractivity contribution in [1.29, 1.82) is 0 Å². The molecule has 1 aliphatic rings. The fourth-order valence-electron chi connectivity index (χ4n) is 2.59. The summed E-state index contributed by atoms with van der Waals surface area (Å²) in [6.45, 7) is 9.62. The number of rotatable bonds is 7. The van der Waals surface area contributed by atoms with Gasteiger partial charge < -0.3 is 14.8 Å². The fourth-order valence-corrected chi connectivity index (χ4v) is 3.03. The molecule has 5 nitrogen and oxygen atoms in total. The van der Waals surface area contributed by atoms with Gasteiger partial charge in [-0.2, -0.15) is 0 Å². The Kier molecular flexibility index (Phi) is 6.65. The van der Waals surface area contributed by atoms with Crippen LogP contribution in [0.15, 0.2) is 37.1 Å². The van der Waals surface area contributed by atoms with Crippen LogP contribution in [0.2, 0.25) is 0 Å². The number of ether oxygens (including phenoxy) is 2. The fraction of sp³-hybridized carbons (Fsp3) is 0.529. The standard InChI is InChI=1S/C17H25N3O2S/c1-4-14(2)19-16(23)17(21-3,15-7-5-6-8-18-15)13-20-9-11-22-12-10-20/h4-8,14H,1,9-13H2,2-3H3,(H,19,23). The Morgan fingerprint density at radius 1 is 1.57 bits per heavy atom. The molecule has 2 rings (SSSR count). The Hall–Kier alpha value is -1.34. The molecule has 0 amide bonds. The molecule has 126 valence electrons. The van der Waals surface area contributed by atoms with Crippen LogP contribution in [0.5, 0.6) is 0 Å². The molecule has 0 bridgehead atoms. The Morgan fingerprint density at radius 2 is 2.30 bits per heavy atom. The number of nitrogens with one attached hydrogen (secondary N) is 1. The van der Waals surface area contributed by atoms with Crippen molar-refractivity contribution in [2.45, 2.75) is 18.6 Å². The van der Waals surface area contributed by atoms with Crippen LogP contribution in [-0.2, 0) is 15.1 Å². The van der Waals surface area contributed by atoms with Crippen molar-refractivity contribution in [1.82, 2.24) is 15.2 Å². The zero-order valence-electron chi connectivity index (χ0n) is 13.8. The molecule has 6 heteroatoms. The van der Waals surface area contributed by atoms with Gasteiger partial charge in [-0.05, 0) is 19.1 Å². The first-order valence-corrected chi connectivity index (χ1v) is 8.23. The summed E-state index contributed by atoms with van der Waals surface area (Å²) < 4.78 is 11.4. The number of hydrogen-bond donors (Lipinski definition) is 1. The van der Waals surface area contributed by atoms with Gasteiger partial charge in [-0.15, -0.1) is 6.58 Å². The summed E-state index contributed by atoms with van der Waals surface area (Å²) in [6.07, 6.45) is 3.59. The van der Waals surface area contributed by atoms with E-state index < -0.39 is 5.60 Å². The Labute approximate surface area is 143 Å². The minimum Gasteiger partial charge on any atom is -0.379 e. The summed E-state index contributed by atoms with van der Waals surface area (Å²) in [5.41, 5.74) is 0.0216. The SMILES string of the molecule is C=CC(C)NC(=S)C(CN1CCOCC1)(OC)c1ccccn1. The van der Waals surface area contributed by atoms with E-state index in [-0.39, 0.29) is 6.04 Å². The molecule has 0 saturated carbocycles. The van der Waals surface area contributed by atoms with Gasteiger partial charge in [0, 0.05) is 39.0 Å². The van der Waals surface area contributed by atoms with Crippen LogP contribution < -0.4 is 5.32 Å². The highest BCUT2D eigenvalue weighted by atomic mass is 32.1. The van der Waals surface area contributed by atoms with E-state index >= 15 is 0 Å². The molecule has 2 unspecified atom stereocenters. The molecule has 1 aromatic rings. The van der Waals surface area contributed by atoms with Crippen molar-refractivity contribution in [3.05, 3.63) is 42.7 Å². The molecule has 1 saturated heterocycles. The second-order valence-corrected chi connectivity index (χ2v) is 6.04. The lowest BCUT2D eigenvalue weighted by molar-refractivity contribution is -0.0255. The lowest BCUT2D eigenvalue weighted by atomic mass is 9.96. The number of aromatic nitrogens is 1. The predicted molar refractivity (Wildman–Crippen MR) is 95.6 cm³/mol. The number of nitrogens with zero attached hydrogens (tertiary/aromatic N) is 2. The number of hydrogen-bond acceptors (Lipinski definition) is 5. The molecule has 0 aliphatic carbocycles. The molecule has 1 fully saturated rings. The monoisotopic (exact) mass is 335 g/mol. The van der Waals surface area contributed by atoms with Gasteiger partial charge in [-0.1, -0.05) is 24.4 Å². The van der Waals surface area contributed by atoms with E-state index in [0.29, 0.717) is 11.5 Å². The van der Waals surface area contributed by atoms with Gasteiger partial charge in [0.2, 0.25) is 0 Å². The summed E-state index contributed by atoms with van der Waals surface area (Å²) in [5.74, 6) is 0. The number of morpholine rings is 1. The summed E-state index contributed by atoms with van der Waals surface area (Å²) in [6, 6.07) is 5.86. The molecule has 2 heterocycles. The smallest absolute Gasteiger partial charge is 0.172 e. The van der Waals surface area contributed by atoms with Crippen LogP contribution in [0.1, 0.15) is 12.6 Å². The zero-order chi connectivity index (χ0) is 16.7. The molecular formula is C17H25N3O2S. The second-order valence-electron chi connectivity index (χ2n) is 5.63. The summed E-state index contributed by atoms with van der Waals surface area (Å²) in [5, 5.41) is 3.30. The summed E-state index contributed by atoms with van der Waals surface area (Å²) >= 11 is 5.70. The maximum atomic E-state index is 5.95. The first-order chi connectivity index (χ1) is 11.1. The van der Waals surface area contributed by atoms with Crippen molar-refractivity contribution in [3.63, 3.8) is 0 Å². The minimum absolute atomic E-state index is 0.0606. The quantitative estimate of drug-likeness (QED) is 0.605. The van der Waals surface area contributed by atoms with Crippen molar-refractivity contribution in [3.8, 4) is 0 Å². The van der Waals surface area contributed by atoms with Crippen LogP contribution in [0.4, 0.5) is 0 Å². The van der Waals surface area contributed by atoms with Gasteiger partial charge in [0.15, 0.2) is 5.60 Å². The van der Waals surface area contributed by atoms with Gasteiger partial charge >= 0.3 is 0 Å². The average molecular weight is 335 g/mol. The van der Waals surface area contributed by atoms with Gasteiger partial charge in [0.1, 0.15) is 4.99 Å². The number of thiocarbonyl (C=S) groups is 1. The van der Waals surface area contributed by atoms with Gasteiger partial charge in [-0.25, -0.2) is 0 Å². The molecule has 1 aliphatic heterocycles. The lowest BCUT2D eigenvalue weighted by Crippen LogP contribution is -2.55. The van der Waals surface area contributed by atoms with E-state index in [4.69, 9.17) is 21.7 Å². The first kappa shape index (κ1) is 18.0.